The van der Waals surface area contributed by atoms with E-state index in [2.05, 4.69) is 10.1 Å². The van der Waals surface area contributed by atoms with E-state index >= 15 is 0 Å². The molecule has 1 heterocycles. The second kappa shape index (κ2) is 13.4. The molecule has 0 aliphatic heterocycles. The quantitative estimate of drug-likeness (QED) is 0.191. The second-order valence-electron chi connectivity index (χ2n) is 7.67. The van der Waals surface area contributed by atoms with Crippen molar-refractivity contribution in [2.45, 2.75) is 32.5 Å². The van der Waals surface area contributed by atoms with Crippen LogP contribution in [0.15, 0.2) is 54.6 Å². The van der Waals surface area contributed by atoms with Gasteiger partial charge in [-0.2, -0.15) is 0 Å². The number of ether oxygens (including phenoxy) is 4. The molecule has 0 fully saturated rings. The van der Waals surface area contributed by atoms with Crippen molar-refractivity contribution in [3.63, 3.8) is 0 Å². The van der Waals surface area contributed by atoms with Crippen LogP contribution in [0.2, 0.25) is 0 Å². The molecule has 0 aliphatic rings. The molecule has 37 heavy (non-hydrogen) atoms. The molecule has 0 bridgehead atoms. The fourth-order valence-electron chi connectivity index (χ4n) is 3.27. The molecule has 0 radical (unpaired) electrons. The van der Waals surface area contributed by atoms with Crippen molar-refractivity contribution in [2.24, 2.45) is 0 Å². The fourth-order valence-corrected chi connectivity index (χ4v) is 4.53. The lowest BCUT2D eigenvalue weighted by atomic mass is 10.1. The number of rotatable bonds is 13. The maximum absolute atomic E-state index is 13.8. The molecular formula is C24H25FNO9PS. The number of hydrogen-bond donors (Lipinski definition) is 1. The van der Waals surface area contributed by atoms with E-state index in [-0.39, 0.29) is 13.0 Å². The molecule has 2 aromatic carbocycles. The van der Waals surface area contributed by atoms with Gasteiger partial charge in [0.2, 0.25) is 6.79 Å². The van der Waals surface area contributed by atoms with Crippen LogP contribution in [-0.2, 0) is 44.0 Å². The molecule has 3 aromatic rings. The molecule has 13 heteroatoms. The molecule has 0 aliphatic carbocycles. The van der Waals surface area contributed by atoms with Crippen molar-refractivity contribution in [1.29, 1.82) is 0 Å². The van der Waals surface area contributed by atoms with E-state index in [4.69, 9.17) is 18.7 Å². The Morgan fingerprint density at radius 3 is 2.51 bits per heavy atom. The topological polar surface area (TPSA) is 126 Å². The lowest BCUT2D eigenvalue weighted by molar-refractivity contribution is -0.462. The summed E-state index contributed by atoms with van der Waals surface area (Å²) in [5.41, 5.74) is 0.541. The third-order valence-electron chi connectivity index (χ3n) is 4.78. The average Bonchev–Trinajstić information content (AvgIpc) is 3.27. The van der Waals surface area contributed by atoms with Crippen molar-refractivity contribution >= 4 is 48.0 Å². The van der Waals surface area contributed by atoms with Gasteiger partial charge in [-0.15, -0.1) is 11.3 Å². The van der Waals surface area contributed by atoms with Gasteiger partial charge in [-0.05, 0) is 41.6 Å². The first-order chi connectivity index (χ1) is 17.7. The van der Waals surface area contributed by atoms with Crippen molar-refractivity contribution in [1.82, 2.24) is 5.32 Å². The van der Waals surface area contributed by atoms with Gasteiger partial charge >= 0.3 is 18.1 Å². The molecule has 10 nitrogen and oxygen atoms in total. The second-order valence-corrected chi connectivity index (χ2v) is 9.18. The normalized spacial score (nSPS) is 13.8. The lowest BCUT2D eigenvalue weighted by Crippen LogP contribution is -2.47. The highest BCUT2D eigenvalue weighted by Gasteiger charge is 2.40. The number of esters is 2. The van der Waals surface area contributed by atoms with Gasteiger partial charge < -0.3 is 14.8 Å². The smallest absolute Gasteiger partial charge is 0.438 e. The van der Waals surface area contributed by atoms with Crippen LogP contribution >= 0.6 is 20.0 Å². The number of benzene rings is 2. The number of hydrogen-bond acceptors (Lipinski definition) is 10. The molecule has 1 amide bonds. The van der Waals surface area contributed by atoms with Crippen LogP contribution in [0, 0.1) is 5.82 Å². The predicted molar refractivity (Wildman–Crippen MR) is 133 cm³/mol. The van der Waals surface area contributed by atoms with Crippen molar-refractivity contribution in [3.05, 3.63) is 70.9 Å². The number of thiophene rings is 1. The third-order valence-corrected chi connectivity index (χ3v) is 6.28. The summed E-state index contributed by atoms with van der Waals surface area (Å²) in [4.78, 5) is 36.3. The van der Waals surface area contributed by atoms with E-state index in [1.165, 1.54) is 29.5 Å². The Hall–Kier alpha value is -3.15. The van der Waals surface area contributed by atoms with Crippen molar-refractivity contribution in [2.75, 3.05) is 13.4 Å². The van der Waals surface area contributed by atoms with Crippen LogP contribution in [0.3, 0.4) is 0 Å². The summed E-state index contributed by atoms with van der Waals surface area (Å²) in [6.45, 7) is 1.02. The molecule has 3 atom stereocenters. The predicted octanol–water partition coefficient (Wildman–Crippen LogP) is 3.80. The highest BCUT2D eigenvalue weighted by Crippen LogP contribution is 2.26. The highest BCUT2D eigenvalue weighted by molar-refractivity contribution is 7.20. The minimum Gasteiger partial charge on any atom is -0.438 e. The van der Waals surface area contributed by atoms with Crippen LogP contribution in [0.4, 0.5) is 4.39 Å². The zero-order valence-electron chi connectivity index (χ0n) is 19.9. The van der Waals surface area contributed by atoms with Crippen molar-refractivity contribution in [3.8, 4) is 0 Å². The summed E-state index contributed by atoms with van der Waals surface area (Å²) in [6.07, 6.45) is -2.50. The van der Waals surface area contributed by atoms with Crippen LogP contribution in [-0.4, -0.2) is 43.4 Å². The first-order valence-electron chi connectivity index (χ1n) is 11.0. The van der Waals surface area contributed by atoms with Crippen LogP contribution in [0.25, 0.3) is 10.1 Å². The Bertz CT molecular complexity index is 1240. The van der Waals surface area contributed by atoms with Gasteiger partial charge in [0.25, 0.3) is 5.91 Å². The molecule has 0 saturated heterocycles. The van der Waals surface area contributed by atoms with E-state index in [1.807, 2.05) is 24.3 Å². The Balaban J connectivity index is 1.82. The first kappa shape index (κ1) is 28.4. The van der Waals surface area contributed by atoms with E-state index in [1.54, 1.807) is 12.1 Å². The zero-order valence-corrected chi connectivity index (χ0v) is 21.9. The number of carbonyl (C=O) groups excluding carboxylic acids is 3. The number of amides is 1. The average molecular weight is 554 g/mol. The Kier molecular flexibility index (Phi) is 10.3. The lowest BCUT2D eigenvalue weighted by Gasteiger charge is -2.30. The molecule has 1 aromatic heterocycles. The summed E-state index contributed by atoms with van der Waals surface area (Å²) < 4.78 is 51.4. The Morgan fingerprint density at radius 1 is 1.05 bits per heavy atom. The zero-order chi connectivity index (χ0) is 26.8. The van der Waals surface area contributed by atoms with Crippen molar-refractivity contribution < 1.29 is 46.8 Å². The van der Waals surface area contributed by atoms with Gasteiger partial charge in [0.05, 0.1) is 17.5 Å². The third kappa shape index (κ3) is 8.73. The van der Waals surface area contributed by atoms with Gasteiger partial charge in [0.15, 0.2) is 8.69 Å². The standard InChI is InChI=1S/C24H25FNO9PS/c1-15(27)31-14-33-24(35-36-30,34-16(2)28)32-13-20(11-17-6-5-8-19(25)10-17)26-23(29)22-12-18-7-3-4-9-21(18)37-22/h3-10,12,20H,11,13-14,36H2,1-2H3,(H,26,29). The molecule has 0 spiro atoms. The Morgan fingerprint density at radius 2 is 1.84 bits per heavy atom. The minimum atomic E-state index is -2.61. The number of carbonyl (C=O) groups is 3. The summed E-state index contributed by atoms with van der Waals surface area (Å²) in [5, 5.41) is 3.72. The SMILES string of the molecule is CC(=O)OCOC(OCC(Cc1cccc(F)c1)NC(=O)c1cc2ccccc2s1)(O[PH2]=O)OC(C)=O. The monoisotopic (exact) mass is 553 g/mol. The molecular weight excluding hydrogens is 528 g/mol. The summed E-state index contributed by atoms with van der Waals surface area (Å²) in [5.74, 6) is -2.50. The van der Waals surface area contributed by atoms with Gasteiger partial charge in [0.1, 0.15) is 5.82 Å². The molecule has 0 saturated carbocycles. The van der Waals surface area contributed by atoms with Gasteiger partial charge in [0, 0.05) is 18.5 Å². The maximum atomic E-state index is 13.8. The van der Waals surface area contributed by atoms with Gasteiger partial charge in [-0.25, -0.2) is 8.91 Å². The largest absolute Gasteiger partial charge is 0.471 e. The number of nitrogens with one attached hydrogen (secondary N) is 1. The van der Waals surface area contributed by atoms with E-state index in [0.717, 1.165) is 23.9 Å². The fraction of sp³-hybridized carbons (Fsp3) is 0.292. The molecule has 3 rings (SSSR count). The molecule has 1 N–H and O–H groups in total. The van der Waals surface area contributed by atoms with Crippen LogP contribution < -0.4 is 5.32 Å². The van der Waals surface area contributed by atoms with Gasteiger partial charge in [-0.1, -0.05) is 30.3 Å². The minimum absolute atomic E-state index is 0.110. The number of halogens is 1. The summed E-state index contributed by atoms with van der Waals surface area (Å²) in [7, 11) is -2.01. The summed E-state index contributed by atoms with van der Waals surface area (Å²) in [6, 6.07) is 14.2. The Labute approximate surface area is 216 Å². The van der Waals surface area contributed by atoms with E-state index < -0.39 is 51.3 Å². The van der Waals surface area contributed by atoms with Crippen LogP contribution in [0.1, 0.15) is 29.1 Å². The summed E-state index contributed by atoms with van der Waals surface area (Å²) >= 11 is 1.29. The van der Waals surface area contributed by atoms with Gasteiger partial charge in [-0.3, -0.25) is 28.4 Å². The molecule has 198 valence electrons. The van der Waals surface area contributed by atoms with Crippen LogP contribution in [0.5, 0.6) is 0 Å². The van der Waals surface area contributed by atoms with E-state index in [0.29, 0.717) is 10.4 Å². The first-order valence-corrected chi connectivity index (χ1v) is 12.7. The highest BCUT2D eigenvalue weighted by atomic mass is 32.1. The molecule has 3 unspecified atom stereocenters. The maximum Gasteiger partial charge on any atom is 0.471 e. The number of fused-ring (bicyclic) bond motifs is 1. The van der Waals surface area contributed by atoms with E-state index in [9.17, 15) is 23.3 Å².